The van der Waals surface area contributed by atoms with Crippen LogP contribution in [0, 0.1) is 0 Å². The molecule has 2 N–H and O–H groups in total. The van der Waals surface area contributed by atoms with Gasteiger partial charge in [-0.1, -0.05) is 23.9 Å². The van der Waals surface area contributed by atoms with Gasteiger partial charge in [0, 0.05) is 18.0 Å². The Morgan fingerprint density at radius 2 is 1.74 bits per heavy atom. The van der Waals surface area contributed by atoms with Gasteiger partial charge in [-0.15, -0.1) is 11.8 Å². The van der Waals surface area contributed by atoms with Crippen molar-refractivity contribution in [3.63, 3.8) is 0 Å². The maximum absolute atomic E-state index is 4.46. The minimum Gasteiger partial charge on any atom is -0.373 e. The fourth-order valence-corrected chi connectivity index (χ4v) is 2.53. The Morgan fingerprint density at radius 3 is 2.42 bits per heavy atom. The van der Waals surface area contributed by atoms with Gasteiger partial charge in [-0.25, -0.2) is 9.97 Å². The molecule has 1 aromatic heterocycles. The third kappa shape index (κ3) is 3.54. The normalized spacial score (nSPS) is 10.3. The van der Waals surface area contributed by atoms with Crippen LogP contribution in [0.4, 0.5) is 17.3 Å². The number of aromatic nitrogens is 2. The summed E-state index contributed by atoms with van der Waals surface area (Å²) in [5, 5.41) is 7.14. The first-order chi connectivity index (χ1) is 9.26. The third-order valence-corrected chi connectivity index (χ3v) is 3.86. The molecule has 0 radical (unpaired) electrons. The van der Waals surface area contributed by atoms with Gasteiger partial charge in [0.25, 0.3) is 0 Å². The highest BCUT2D eigenvalue weighted by molar-refractivity contribution is 7.98. The van der Waals surface area contributed by atoms with Crippen molar-refractivity contribution in [3.05, 3.63) is 30.3 Å². The summed E-state index contributed by atoms with van der Waals surface area (Å²) in [4.78, 5) is 10.0. The quantitative estimate of drug-likeness (QED) is 0.647. The van der Waals surface area contributed by atoms with E-state index in [1.54, 1.807) is 11.8 Å². The lowest BCUT2D eigenvalue weighted by Gasteiger charge is -2.11. The van der Waals surface area contributed by atoms with Crippen LogP contribution in [0.5, 0.6) is 0 Å². The van der Waals surface area contributed by atoms with Crippen LogP contribution in [-0.4, -0.2) is 29.5 Å². The molecule has 0 unspecified atom stereocenters. The van der Waals surface area contributed by atoms with Gasteiger partial charge >= 0.3 is 0 Å². The first kappa shape index (κ1) is 14.0. The monoisotopic (exact) mass is 292 g/mol. The number of hydrogen-bond donors (Lipinski definition) is 2. The van der Waals surface area contributed by atoms with Gasteiger partial charge in [-0.2, -0.15) is 0 Å². The molecule has 0 saturated carbocycles. The Labute approximate surface area is 121 Å². The minimum atomic E-state index is 0.746. The molecule has 0 spiro atoms. The average molecular weight is 292 g/mol. The molecule has 0 amide bonds. The second-order valence-electron chi connectivity index (χ2n) is 3.70. The molecule has 1 heterocycles. The van der Waals surface area contributed by atoms with E-state index in [2.05, 4.69) is 32.9 Å². The van der Waals surface area contributed by atoms with Gasteiger partial charge in [0.2, 0.25) is 0 Å². The van der Waals surface area contributed by atoms with Crippen LogP contribution in [0.3, 0.4) is 0 Å². The first-order valence-corrected chi connectivity index (χ1v) is 8.22. The molecule has 100 valence electrons. The molecule has 0 saturated heterocycles. The predicted molar refractivity (Wildman–Crippen MR) is 84.9 cm³/mol. The highest BCUT2D eigenvalue weighted by atomic mass is 32.2. The predicted octanol–water partition coefficient (Wildman–Crippen LogP) is 3.71. The summed E-state index contributed by atoms with van der Waals surface area (Å²) in [6.07, 6.45) is 4.03. The molecule has 6 heteroatoms. The molecule has 0 bridgehead atoms. The second kappa shape index (κ2) is 6.68. The number of hydrogen-bond acceptors (Lipinski definition) is 6. The molecule has 0 aliphatic rings. The van der Waals surface area contributed by atoms with Crippen LogP contribution in [0.25, 0.3) is 0 Å². The smallest absolute Gasteiger partial charge is 0.191 e. The Hall–Kier alpha value is -1.40. The van der Waals surface area contributed by atoms with E-state index in [0.29, 0.717) is 0 Å². The standard InChI is InChI=1S/C13H16N4S2/c1-14-11-8-12(17-13(16-11)19-3)15-9-6-4-5-7-10(9)18-2/h4-8H,1-3H3,(H2,14,15,16,17). The summed E-state index contributed by atoms with van der Waals surface area (Å²) in [7, 11) is 1.85. The van der Waals surface area contributed by atoms with Crippen molar-refractivity contribution in [2.24, 2.45) is 0 Å². The van der Waals surface area contributed by atoms with Crippen LogP contribution in [-0.2, 0) is 0 Å². The zero-order valence-electron chi connectivity index (χ0n) is 11.1. The van der Waals surface area contributed by atoms with Crippen LogP contribution in [0.2, 0.25) is 0 Å². The van der Waals surface area contributed by atoms with Crippen LogP contribution >= 0.6 is 23.5 Å². The number of anilines is 3. The van der Waals surface area contributed by atoms with E-state index in [4.69, 9.17) is 0 Å². The fourth-order valence-electron chi connectivity index (χ4n) is 1.59. The Kier molecular flexibility index (Phi) is 4.93. The Balaban J connectivity index is 2.32. The third-order valence-electron chi connectivity index (χ3n) is 2.51. The molecule has 4 nitrogen and oxygen atoms in total. The van der Waals surface area contributed by atoms with Gasteiger partial charge in [-0.3, -0.25) is 0 Å². The number of para-hydroxylation sites is 1. The summed E-state index contributed by atoms with van der Waals surface area (Å²) in [5.41, 5.74) is 1.06. The fraction of sp³-hybridized carbons (Fsp3) is 0.231. The Morgan fingerprint density at radius 1 is 1.00 bits per heavy atom. The van der Waals surface area contributed by atoms with Crippen LogP contribution < -0.4 is 10.6 Å². The van der Waals surface area contributed by atoms with Gasteiger partial charge in [-0.05, 0) is 24.6 Å². The molecule has 2 aromatic rings. The summed E-state index contributed by atoms with van der Waals surface area (Å²) in [5.74, 6) is 1.61. The van der Waals surface area contributed by atoms with E-state index >= 15 is 0 Å². The van der Waals surface area contributed by atoms with Crippen molar-refractivity contribution in [3.8, 4) is 0 Å². The molecule has 0 aliphatic carbocycles. The number of nitrogens with one attached hydrogen (secondary N) is 2. The van der Waals surface area contributed by atoms with E-state index in [1.807, 2.05) is 37.6 Å². The Bertz CT molecular complexity index is 538. The number of thioether (sulfide) groups is 2. The van der Waals surface area contributed by atoms with Crippen molar-refractivity contribution >= 4 is 40.8 Å². The van der Waals surface area contributed by atoms with Crippen molar-refractivity contribution in [1.82, 2.24) is 9.97 Å². The molecule has 0 atom stereocenters. The van der Waals surface area contributed by atoms with Crippen molar-refractivity contribution < 1.29 is 0 Å². The summed E-state index contributed by atoms with van der Waals surface area (Å²) in [6, 6.07) is 10.1. The molecule has 19 heavy (non-hydrogen) atoms. The average Bonchev–Trinajstić information content (AvgIpc) is 2.47. The molecule has 0 fully saturated rings. The summed E-state index contributed by atoms with van der Waals surface area (Å²) < 4.78 is 0. The minimum absolute atomic E-state index is 0.746. The number of rotatable bonds is 5. The molecule has 2 rings (SSSR count). The van der Waals surface area contributed by atoms with E-state index in [-0.39, 0.29) is 0 Å². The van der Waals surface area contributed by atoms with E-state index < -0.39 is 0 Å². The molecular weight excluding hydrogens is 276 g/mol. The van der Waals surface area contributed by atoms with Gasteiger partial charge in [0.1, 0.15) is 11.6 Å². The van der Waals surface area contributed by atoms with Crippen molar-refractivity contribution in [1.29, 1.82) is 0 Å². The summed E-state index contributed by atoms with van der Waals surface area (Å²) in [6.45, 7) is 0. The lowest BCUT2D eigenvalue weighted by Crippen LogP contribution is -2.01. The SMILES string of the molecule is CNc1cc(Nc2ccccc2SC)nc(SC)n1. The second-order valence-corrected chi connectivity index (χ2v) is 5.32. The maximum Gasteiger partial charge on any atom is 0.191 e. The molecule has 0 aliphatic heterocycles. The topological polar surface area (TPSA) is 49.8 Å². The first-order valence-electron chi connectivity index (χ1n) is 5.77. The molecule has 1 aromatic carbocycles. The highest BCUT2D eigenvalue weighted by Crippen LogP contribution is 2.28. The van der Waals surface area contributed by atoms with E-state index in [1.165, 1.54) is 16.7 Å². The van der Waals surface area contributed by atoms with Crippen LogP contribution in [0.1, 0.15) is 0 Å². The lowest BCUT2D eigenvalue weighted by atomic mass is 10.3. The van der Waals surface area contributed by atoms with Crippen molar-refractivity contribution in [2.75, 3.05) is 30.2 Å². The molecular formula is C13H16N4S2. The van der Waals surface area contributed by atoms with E-state index in [0.717, 1.165) is 22.5 Å². The zero-order valence-corrected chi connectivity index (χ0v) is 12.7. The largest absolute Gasteiger partial charge is 0.373 e. The van der Waals surface area contributed by atoms with E-state index in [9.17, 15) is 0 Å². The van der Waals surface area contributed by atoms with Gasteiger partial charge in [0.05, 0.1) is 5.69 Å². The zero-order chi connectivity index (χ0) is 13.7. The number of benzene rings is 1. The summed E-state index contributed by atoms with van der Waals surface area (Å²) >= 11 is 3.23. The maximum atomic E-state index is 4.46. The van der Waals surface area contributed by atoms with Gasteiger partial charge < -0.3 is 10.6 Å². The highest BCUT2D eigenvalue weighted by Gasteiger charge is 2.05. The van der Waals surface area contributed by atoms with Crippen LogP contribution in [0.15, 0.2) is 40.4 Å². The lowest BCUT2D eigenvalue weighted by molar-refractivity contribution is 0.976. The van der Waals surface area contributed by atoms with Gasteiger partial charge in [0.15, 0.2) is 5.16 Å². The number of nitrogens with zero attached hydrogens (tertiary/aromatic N) is 2. The van der Waals surface area contributed by atoms with Crippen molar-refractivity contribution in [2.45, 2.75) is 10.1 Å².